The lowest BCUT2D eigenvalue weighted by Crippen LogP contribution is -2.53. The third kappa shape index (κ3) is 5.04. The summed E-state index contributed by atoms with van der Waals surface area (Å²) in [7, 11) is 0. The fourth-order valence-electron chi connectivity index (χ4n) is 5.55. The Hall–Kier alpha value is -3.35. The van der Waals surface area contributed by atoms with Gasteiger partial charge < -0.3 is 20.1 Å². The Morgan fingerprint density at radius 3 is 2.20 bits per heavy atom. The van der Waals surface area contributed by atoms with E-state index in [0.717, 1.165) is 12.8 Å². The maximum absolute atomic E-state index is 12.8. The van der Waals surface area contributed by atoms with E-state index in [1.807, 2.05) is 24.3 Å². The summed E-state index contributed by atoms with van der Waals surface area (Å²) in [5.74, 6) is -1.06. The summed E-state index contributed by atoms with van der Waals surface area (Å²) in [6.45, 7) is 5.50. The number of hydrogen-bond donors (Lipinski definition) is 2. The number of carbonyl (C=O) groups excluding carboxylic acids is 2. The Morgan fingerprint density at radius 2 is 1.63 bits per heavy atom. The van der Waals surface area contributed by atoms with Gasteiger partial charge in [0.1, 0.15) is 12.1 Å². The quantitative estimate of drug-likeness (QED) is 0.568. The number of benzene rings is 2. The molecule has 0 spiro atoms. The lowest BCUT2D eigenvalue weighted by atomic mass is 9.98. The first kappa shape index (κ1) is 24.8. The number of aliphatic carboxylic acids is 1. The molecule has 2 aromatic carbocycles. The van der Waals surface area contributed by atoms with Crippen LogP contribution in [0.4, 0.5) is 4.79 Å². The van der Waals surface area contributed by atoms with Crippen molar-refractivity contribution in [1.29, 1.82) is 0 Å². The van der Waals surface area contributed by atoms with Crippen LogP contribution in [0.1, 0.15) is 63.5 Å². The highest BCUT2D eigenvalue weighted by Crippen LogP contribution is 2.44. The molecule has 1 fully saturated rings. The molecule has 2 atom stereocenters. The van der Waals surface area contributed by atoms with E-state index in [2.05, 4.69) is 29.6 Å². The summed E-state index contributed by atoms with van der Waals surface area (Å²) in [5, 5.41) is 12.4. The van der Waals surface area contributed by atoms with Gasteiger partial charge in [-0.3, -0.25) is 4.79 Å². The van der Waals surface area contributed by atoms with Gasteiger partial charge >= 0.3 is 12.1 Å². The molecular weight excluding hydrogens is 444 g/mol. The molecule has 4 rings (SSSR count). The molecule has 186 valence electrons. The van der Waals surface area contributed by atoms with E-state index in [0.29, 0.717) is 13.0 Å². The Morgan fingerprint density at radius 1 is 1.03 bits per heavy atom. The highest BCUT2D eigenvalue weighted by molar-refractivity contribution is 5.86. The Labute approximate surface area is 206 Å². The number of ether oxygens (including phenoxy) is 1. The molecule has 2 N–H and O–H groups in total. The van der Waals surface area contributed by atoms with Crippen LogP contribution in [-0.4, -0.2) is 52.7 Å². The predicted molar refractivity (Wildman–Crippen MR) is 133 cm³/mol. The van der Waals surface area contributed by atoms with Crippen LogP contribution in [0.5, 0.6) is 0 Å². The summed E-state index contributed by atoms with van der Waals surface area (Å²) in [4.78, 5) is 38.4. The van der Waals surface area contributed by atoms with E-state index >= 15 is 0 Å². The molecule has 1 saturated carbocycles. The van der Waals surface area contributed by atoms with E-state index < -0.39 is 17.6 Å². The fraction of sp³-hybridized carbons (Fsp3) is 0.464. The summed E-state index contributed by atoms with van der Waals surface area (Å²) in [5.41, 5.74) is 3.47. The standard InChI is InChI=1S/C28H34N2O5/c1-4-30(28(2,3)26(32)33)25(31)16-18-13-14-19(15-18)29-27(34)35-17-24-22-11-7-5-9-20(22)21-10-6-8-12-23(21)24/h5-12,18-19,24H,4,13-17H2,1-3H3,(H,29,34)(H,32,33)/t18-,19+/m1/s1. The average Bonchev–Trinajstić information content (AvgIpc) is 3.39. The molecule has 0 aromatic heterocycles. The number of rotatable bonds is 8. The van der Waals surface area contributed by atoms with Crippen LogP contribution in [0, 0.1) is 5.92 Å². The molecule has 0 saturated heterocycles. The minimum atomic E-state index is -1.25. The second kappa shape index (κ2) is 10.1. The molecule has 35 heavy (non-hydrogen) atoms. The number of carbonyl (C=O) groups is 3. The number of nitrogens with one attached hydrogen (secondary N) is 1. The van der Waals surface area contributed by atoms with E-state index in [-0.39, 0.29) is 36.8 Å². The Balaban J connectivity index is 1.29. The summed E-state index contributed by atoms with van der Waals surface area (Å²) in [6, 6.07) is 16.4. The zero-order chi connectivity index (χ0) is 25.2. The number of likely N-dealkylation sites (N-methyl/N-ethyl adjacent to an activating group) is 1. The van der Waals surface area contributed by atoms with Crippen molar-refractivity contribution in [2.24, 2.45) is 5.92 Å². The van der Waals surface area contributed by atoms with Crippen LogP contribution in [-0.2, 0) is 14.3 Å². The maximum atomic E-state index is 12.8. The Kier molecular flexibility index (Phi) is 7.15. The molecule has 7 nitrogen and oxygen atoms in total. The van der Waals surface area contributed by atoms with Crippen molar-refractivity contribution in [3.05, 3.63) is 59.7 Å². The SMILES string of the molecule is CCN(C(=O)C[C@@H]1CC[C@H](NC(=O)OCC2c3ccccc3-c3ccccc32)C1)C(C)(C)C(=O)O. The van der Waals surface area contributed by atoms with Crippen LogP contribution < -0.4 is 5.32 Å². The third-order valence-corrected chi connectivity index (χ3v) is 7.49. The lowest BCUT2D eigenvalue weighted by molar-refractivity contribution is -0.157. The highest BCUT2D eigenvalue weighted by Gasteiger charge is 2.38. The molecule has 2 aliphatic carbocycles. The van der Waals surface area contributed by atoms with Crippen LogP contribution in [0.2, 0.25) is 0 Å². The van der Waals surface area contributed by atoms with Gasteiger partial charge in [0.25, 0.3) is 0 Å². The molecule has 0 radical (unpaired) electrons. The number of alkyl carbamates (subject to hydrolysis) is 1. The van der Waals surface area contributed by atoms with Gasteiger partial charge in [-0.2, -0.15) is 0 Å². The number of amides is 2. The summed E-state index contributed by atoms with van der Waals surface area (Å²) >= 11 is 0. The van der Waals surface area contributed by atoms with Gasteiger partial charge in [0.2, 0.25) is 5.91 Å². The van der Waals surface area contributed by atoms with E-state index in [9.17, 15) is 19.5 Å². The monoisotopic (exact) mass is 478 g/mol. The first-order chi connectivity index (χ1) is 16.7. The molecule has 0 bridgehead atoms. The topological polar surface area (TPSA) is 95.9 Å². The maximum Gasteiger partial charge on any atom is 0.407 e. The summed E-state index contributed by atoms with van der Waals surface area (Å²) < 4.78 is 5.65. The zero-order valence-electron chi connectivity index (χ0n) is 20.6. The number of hydrogen-bond acceptors (Lipinski definition) is 4. The first-order valence-corrected chi connectivity index (χ1v) is 12.4. The fourth-order valence-corrected chi connectivity index (χ4v) is 5.55. The van der Waals surface area contributed by atoms with Crippen molar-refractivity contribution in [1.82, 2.24) is 10.2 Å². The molecule has 0 heterocycles. The van der Waals surface area contributed by atoms with Gasteiger partial charge in [0.15, 0.2) is 0 Å². The van der Waals surface area contributed by atoms with E-state index in [4.69, 9.17) is 4.74 Å². The second-order valence-corrected chi connectivity index (χ2v) is 10.1. The van der Waals surface area contributed by atoms with Gasteiger partial charge in [0.05, 0.1) is 0 Å². The average molecular weight is 479 g/mol. The third-order valence-electron chi connectivity index (χ3n) is 7.49. The minimum Gasteiger partial charge on any atom is -0.480 e. The number of nitrogens with zero attached hydrogens (tertiary/aromatic N) is 1. The van der Waals surface area contributed by atoms with Crippen molar-refractivity contribution in [3.8, 4) is 11.1 Å². The van der Waals surface area contributed by atoms with Crippen LogP contribution in [0.25, 0.3) is 11.1 Å². The summed E-state index contributed by atoms with van der Waals surface area (Å²) in [6.07, 6.45) is 2.11. The van der Waals surface area contributed by atoms with Crippen LogP contribution in [0.3, 0.4) is 0 Å². The molecule has 2 aliphatic rings. The van der Waals surface area contributed by atoms with E-state index in [1.165, 1.54) is 27.2 Å². The number of fused-ring (bicyclic) bond motifs is 3. The second-order valence-electron chi connectivity index (χ2n) is 10.1. The first-order valence-electron chi connectivity index (χ1n) is 12.4. The van der Waals surface area contributed by atoms with Crippen molar-refractivity contribution < 1.29 is 24.2 Å². The number of carboxylic acid groups (broad SMARTS) is 1. The predicted octanol–water partition coefficient (Wildman–Crippen LogP) is 4.80. The van der Waals surface area contributed by atoms with Gasteiger partial charge in [-0.1, -0.05) is 48.5 Å². The van der Waals surface area contributed by atoms with Gasteiger partial charge in [-0.25, -0.2) is 9.59 Å². The Bertz CT molecular complexity index is 1070. The van der Waals surface area contributed by atoms with Crippen LogP contribution >= 0.6 is 0 Å². The molecule has 2 aromatic rings. The van der Waals surface area contributed by atoms with Crippen molar-refractivity contribution in [2.75, 3.05) is 13.2 Å². The highest BCUT2D eigenvalue weighted by atomic mass is 16.5. The van der Waals surface area contributed by atoms with E-state index in [1.54, 1.807) is 20.8 Å². The molecular formula is C28H34N2O5. The number of carboxylic acids is 1. The van der Waals surface area contributed by atoms with Gasteiger partial charge in [-0.05, 0) is 68.2 Å². The largest absolute Gasteiger partial charge is 0.480 e. The van der Waals surface area contributed by atoms with Crippen molar-refractivity contribution in [2.45, 2.75) is 64.0 Å². The van der Waals surface area contributed by atoms with Gasteiger partial charge in [0, 0.05) is 24.9 Å². The normalized spacial score (nSPS) is 19.1. The van der Waals surface area contributed by atoms with Crippen molar-refractivity contribution >= 4 is 18.0 Å². The molecule has 0 aliphatic heterocycles. The minimum absolute atomic E-state index is 0.0136. The lowest BCUT2D eigenvalue weighted by Gasteiger charge is -2.35. The zero-order valence-corrected chi connectivity index (χ0v) is 20.6. The molecule has 7 heteroatoms. The van der Waals surface area contributed by atoms with Crippen molar-refractivity contribution in [3.63, 3.8) is 0 Å². The smallest absolute Gasteiger partial charge is 0.407 e. The molecule has 2 amide bonds. The van der Waals surface area contributed by atoms with Crippen LogP contribution in [0.15, 0.2) is 48.5 Å². The molecule has 0 unspecified atom stereocenters. The van der Waals surface area contributed by atoms with Gasteiger partial charge in [-0.15, -0.1) is 0 Å².